The summed E-state index contributed by atoms with van der Waals surface area (Å²) < 4.78 is 5.21. The van der Waals surface area contributed by atoms with E-state index in [-0.39, 0.29) is 12.4 Å². The van der Waals surface area contributed by atoms with Crippen molar-refractivity contribution < 1.29 is 21.3 Å². The first-order valence-corrected chi connectivity index (χ1v) is 8.87. The molecule has 0 fully saturated rings. The standard InChI is InChI=1S/2C5H5.C3H6.ClH.Zr/c2*1-2-4-5-3-1;1-3-2;;/h2*1-3H,4H2;1-2H3;1H;. The van der Waals surface area contributed by atoms with Crippen LogP contribution >= 0.6 is 12.4 Å². The maximum absolute atomic E-state index is 2.36. The summed E-state index contributed by atoms with van der Waals surface area (Å²) in [5.41, 5.74) is 0. The van der Waals surface area contributed by atoms with Crippen molar-refractivity contribution >= 4 is 15.6 Å². The van der Waals surface area contributed by atoms with Gasteiger partial charge in [-0.2, -0.15) is 0 Å². The SMILES string of the molecule is C[C](C)=[Zr]([C]1=CC=CC1)[C]1=CC=CC1.Cl. The molecule has 0 N–H and O–H groups in total. The second-order valence-electron chi connectivity index (χ2n) is 4.02. The van der Waals surface area contributed by atoms with Gasteiger partial charge in [0.2, 0.25) is 0 Å². The van der Waals surface area contributed by atoms with Gasteiger partial charge in [-0.3, -0.25) is 0 Å². The van der Waals surface area contributed by atoms with E-state index < -0.39 is 21.3 Å². The summed E-state index contributed by atoms with van der Waals surface area (Å²) in [6.07, 6.45) is 16.2. The summed E-state index contributed by atoms with van der Waals surface area (Å²) in [4.78, 5) is 0. The first-order valence-electron chi connectivity index (χ1n) is 5.18. The zero-order valence-corrected chi connectivity index (χ0v) is 12.6. The molecule has 2 aliphatic carbocycles. The van der Waals surface area contributed by atoms with Crippen molar-refractivity contribution in [1.29, 1.82) is 0 Å². The minimum absolute atomic E-state index is 0. The Bertz CT molecular complexity index is 359. The molecule has 0 saturated carbocycles. The molecular weight excluding hydrogens is 283 g/mol. The molecule has 2 heteroatoms. The molecule has 0 atom stereocenters. The Kier molecular flexibility index (Phi) is 5.16. The van der Waals surface area contributed by atoms with Gasteiger partial charge in [-0.25, -0.2) is 0 Å². The molecule has 0 spiro atoms. The molecule has 0 aromatic carbocycles. The minimum Gasteiger partial charge on any atom is -0.147 e. The first kappa shape index (κ1) is 13.1. The smallest absolute Gasteiger partial charge is 0.147 e. The monoisotopic (exact) mass is 298 g/mol. The summed E-state index contributed by atoms with van der Waals surface area (Å²) in [6.45, 7) is 4.65. The first-order chi connectivity index (χ1) is 6.79. The predicted octanol–water partition coefficient (Wildman–Crippen LogP) is 3.93. The molecule has 0 heterocycles. The molecule has 0 radical (unpaired) electrons. The van der Waals surface area contributed by atoms with Crippen LogP contribution in [-0.2, 0) is 21.3 Å². The number of allylic oxidation sites excluding steroid dienone is 8. The summed E-state index contributed by atoms with van der Waals surface area (Å²) >= 11 is -1.51. The summed E-state index contributed by atoms with van der Waals surface area (Å²) in [7, 11) is 0. The largest absolute Gasteiger partial charge is 0.147 e. The van der Waals surface area contributed by atoms with Gasteiger partial charge in [0.05, 0.1) is 0 Å². The number of halogens is 1. The number of hydrogen-bond acceptors (Lipinski definition) is 0. The topological polar surface area (TPSA) is 0 Å². The van der Waals surface area contributed by atoms with Crippen molar-refractivity contribution in [1.82, 2.24) is 0 Å². The zero-order valence-electron chi connectivity index (χ0n) is 9.29. The van der Waals surface area contributed by atoms with Crippen molar-refractivity contribution in [2.24, 2.45) is 0 Å². The van der Waals surface area contributed by atoms with Gasteiger partial charge in [-0.05, 0) is 0 Å². The van der Waals surface area contributed by atoms with Crippen LogP contribution in [0.25, 0.3) is 0 Å². The van der Waals surface area contributed by atoms with Crippen LogP contribution in [0.5, 0.6) is 0 Å². The molecule has 0 aromatic rings. The molecule has 0 saturated heterocycles. The fraction of sp³-hybridized carbons (Fsp3) is 0.308. The minimum atomic E-state index is -1.51. The predicted molar refractivity (Wildman–Crippen MR) is 67.3 cm³/mol. The maximum Gasteiger partial charge on any atom is -0.147 e. The number of rotatable bonds is 2. The van der Waals surface area contributed by atoms with E-state index in [0.29, 0.717) is 0 Å². The third kappa shape index (κ3) is 2.98. The molecule has 2 rings (SSSR count). The van der Waals surface area contributed by atoms with E-state index >= 15 is 0 Å². The van der Waals surface area contributed by atoms with Gasteiger partial charge < -0.3 is 0 Å². The Labute approximate surface area is 106 Å². The van der Waals surface area contributed by atoms with Crippen LogP contribution in [0.4, 0.5) is 0 Å². The average molecular weight is 300 g/mol. The van der Waals surface area contributed by atoms with Crippen molar-refractivity contribution in [3.05, 3.63) is 43.0 Å². The van der Waals surface area contributed by atoms with Crippen molar-refractivity contribution in [3.63, 3.8) is 0 Å². The van der Waals surface area contributed by atoms with E-state index in [4.69, 9.17) is 0 Å². The fourth-order valence-electron chi connectivity index (χ4n) is 2.11. The van der Waals surface area contributed by atoms with Crippen LogP contribution in [0.15, 0.2) is 43.0 Å². The van der Waals surface area contributed by atoms with Gasteiger partial charge in [-0.1, -0.05) is 0 Å². The van der Waals surface area contributed by atoms with Gasteiger partial charge in [0, 0.05) is 0 Å². The maximum atomic E-state index is 2.36. The molecule has 0 aliphatic heterocycles. The van der Waals surface area contributed by atoms with Gasteiger partial charge in [0.1, 0.15) is 0 Å². The molecule has 2 aliphatic rings. The van der Waals surface area contributed by atoms with E-state index in [1.165, 1.54) is 12.8 Å². The van der Waals surface area contributed by atoms with Crippen LogP contribution in [0, 0.1) is 0 Å². The molecule has 0 nitrogen and oxygen atoms in total. The van der Waals surface area contributed by atoms with Crippen molar-refractivity contribution in [3.8, 4) is 0 Å². The van der Waals surface area contributed by atoms with Gasteiger partial charge in [0.15, 0.2) is 0 Å². The molecule has 15 heavy (non-hydrogen) atoms. The van der Waals surface area contributed by atoms with Crippen LogP contribution in [-0.4, -0.2) is 3.21 Å². The van der Waals surface area contributed by atoms with E-state index in [9.17, 15) is 0 Å². The molecular formula is C13H17ClZr. The second-order valence-corrected chi connectivity index (χ2v) is 11.5. The Morgan fingerprint density at radius 1 is 1.00 bits per heavy atom. The van der Waals surface area contributed by atoms with E-state index in [0.717, 1.165) is 0 Å². The molecule has 0 aromatic heterocycles. The zero-order chi connectivity index (χ0) is 9.97. The molecule has 0 unspecified atom stereocenters. The Balaban J connectivity index is 0.00000112. The molecule has 0 amide bonds. The van der Waals surface area contributed by atoms with Gasteiger partial charge in [0.25, 0.3) is 0 Å². The fourth-order valence-corrected chi connectivity index (χ4v) is 9.16. The Morgan fingerprint density at radius 3 is 1.73 bits per heavy atom. The number of hydrogen-bond donors (Lipinski definition) is 0. The summed E-state index contributed by atoms with van der Waals surface area (Å²) in [5, 5.41) is 0. The Hall–Kier alpha value is 0.00312. The van der Waals surface area contributed by atoms with Gasteiger partial charge >= 0.3 is 94.2 Å². The third-order valence-corrected chi connectivity index (χ3v) is 10.1. The van der Waals surface area contributed by atoms with Crippen LogP contribution in [0.1, 0.15) is 26.7 Å². The summed E-state index contributed by atoms with van der Waals surface area (Å²) in [6, 6.07) is 0. The van der Waals surface area contributed by atoms with E-state index in [1.54, 1.807) is 9.77 Å². The van der Waals surface area contributed by atoms with E-state index in [1.807, 2.05) is 0 Å². The third-order valence-electron chi connectivity index (χ3n) is 2.68. The van der Waals surface area contributed by atoms with Crippen molar-refractivity contribution in [2.75, 3.05) is 0 Å². The van der Waals surface area contributed by atoms with Crippen LogP contribution < -0.4 is 0 Å². The Morgan fingerprint density at radius 2 is 1.47 bits per heavy atom. The molecule has 80 valence electrons. The van der Waals surface area contributed by atoms with Gasteiger partial charge in [-0.15, -0.1) is 12.4 Å². The summed E-state index contributed by atoms with van der Waals surface area (Å²) in [5.74, 6) is 0. The second kappa shape index (κ2) is 5.92. The van der Waals surface area contributed by atoms with Crippen LogP contribution in [0.2, 0.25) is 0 Å². The van der Waals surface area contributed by atoms with Crippen LogP contribution in [0.3, 0.4) is 0 Å². The van der Waals surface area contributed by atoms with Crippen molar-refractivity contribution in [2.45, 2.75) is 26.7 Å². The average Bonchev–Trinajstić information content (AvgIpc) is 2.75. The quantitative estimate of drug-likeness (QED) is 0.725. The van der Waals surface area contributed by atoms with E-state index in [2.05, 4.69) is 50.3 Å². The molecule has 0 bridgehead atoms. The normalized spacial score (nSPS) is 17.2.